The zero-order valence-electron chi connectivity index (χ0n) is 20.8. The van der Waals surface area contributed by atoms with Crippen molar-refractivity contribution in [1.29, 1.82) is 0 Å². The van der Waals surface area contributed by atoms with E-state index in [1.807, 2.05) is 30.3 Å². The highest BCUT2D eigenvalue weighted by atomic mass is 16.5. The van der Waals surface area contributed by atoms with Gasteiger partial charge in [0, 0.05) is 6.42 Å². The molecule has 2 rings (SSSR count). The predicted molar refractivity (Wildman–Crippen MR) is 136 cm³/mol. The molecule has 1 aliphatic carbocycles. The fourth-order valence-corrected chi connectivity index (χ4v) is 4.52. The minimum Gasteiger partial charge on any atom is -0.463 e. The molecule has 0 heterocycles. The third-order valence-electron chi connectivity index (χ3n) is 6.50. The van der Waals surface area contributed by atoms with E-state index in [0.717, 1.165) is 31.2 Å². The Hall–Kier alpha value is -2.93. The molecule has 1 saturated carbocycles. The number of hydrogen-bond acceptors (Lipinski definition) is 5. The molecule has 192 valence electrons. The van der Waals surface area contributed by atoms with Crippen LogP contribution in [0, 0.1) is 11.8 Å². The lowest BCUT2D eigenvalue weighted by Crippen LogP contribution is -2.50. The molecule has 1 aromatic rings. The van der Waals surface area contributed by atoms with Crippen molar-refractivity contribution in [3.63, 3.8) is 0 Å². The Balaban J connectivity index is 1.85. The first-order valence-electron chi connectivity index (χ1n) is 12.5. The predicted octanol–water partition coefficient (Wildman–Crippen LogP) is 3.47. The number of carbonyl (C=O) groups excluding carboxylic acids is 3. The number of aliphatic hydroxyl groups excluding tert-OH is 1. The summed E-state index contributed by atoms with van der Waals surface area (Å²) in [6.45, 7) is 9.14. The molecule has 1 aromatic carbocycles. The minimum atomic E-state index is -0.589. The molecule has 0 radical (unpaired) electrons. The highest BCUT2D eigenvalue weighted by molar-refractivity contribution is 5.86. The number of allylic oxidation sites excluding steroid dienone is 2. The van der Waals surface area contributed by atoms with Gasteiger partial charge in [-0.1, -0.05) is 55.3 Å². The van der Waals surface area contributed by atoms with Crippen LogP contribution in [0.4, 0.5) is 0 Å². The summed E-state index contributed by atoms with van der Waals surface area (Å²) in [4.78, 5) is 38.1. The molecule has 0 saturated heterocycles. The molecule has 35 heavy (non-hydrogen) atoms. The van der Waals surface area contributed by atoms with Gasteiger partial charge in [-0.05, 0) is 44.6 Å². The van der Waals surface area contributed by atoms with E-state index < -0.39 is 17.5 Å². The normalized spacial score (nSPS) is 17.0. The number of benzene rings is 1. The van der Waals surface area contributed by atoms with Gasteiger partial charge in [-0.25, -0.2) is 0 Å². The molecular weight excluding hydrogens is 444 g/mol. The van der Waals surface area contributed by atoms with E-state index in [1.165, 1.54) is 0 Å². The highest BCUT2D eigenvalue weighted by Crippen LogP contribution is 2.29. The number of aliphatic hydroxyl groups is 1. The molecule has 0 aliphatic heterocycles. The van der Waals surface area contributed by atoms with Crippen molar-refractivity contribution >= 4 is 17.8 Å². The first-order valence-corrected chi connectivity index (χ1v) is 12.5. The quantitative estimate of drug-likeness (QED) is 0.261. The summed E-state index contributed by atoms with van der Waals surface area (Å²) >= 11 is 0. The second-order valence-corrected chi connectivity index (χ2v) is 9.57. The van der Waals surface area contributed by atoms with Gasteiger partial charge in [0.05, 0.1) is 30.0 Å². The van der Waals surface area contributed by atoms with Gasteiger partial charge < -0.3 is 20.5 Å². The summed E-state index contributed by atoms with van der Waals surface area (Å²) in [5.41, 5.74) is 0.471. The van der Waals surface area contributed by atoms with E-state index in [1.54, 1.807) is 19.1 Å². The molecule has 3 atom stereocenters. The summed E-state index contributed by atoms with van der Waals surface area (Å²) in [5.74, 6) is -1.81. The van der Waals surface area contributed by atoms with Gasteiger partial charge in [-0.2, -0.15) is 0 Å². The Morgan fingerprint density at radius 3 is 2.31 bits per heavy atom. The lowest BCUT2D eigenvalue weighted by atomic mass is 9.95. The van der Waals surface area contributed by atoms with Gasteiger partial charge in [-0.15, -0.1) is 13.2 Å². The van der Waals surface area contributed by atoms with Gasteiger partial charge >= 0.3 is 5.97 Å². The summed E-state index contributed by atoms with van der Waals surface area (Å²) in [6, 6.07) is 9.31. The monoisotopic (exact) mass is 484 g/mol. The second kappa shape index (κ2) is 14.5. The number of hydrogen-bond donors (Lipinski definition) is 3. The fourth-order valence-electron chi connectivity index (χ4n) is 4.52. The summed E-state index contributed by atoms with van der Waals surface area (Å²) in [6.07, 6.45) is 8.14. The van der Waals surface area contributed by atoms with Gasteiger partial charge in [0.25, 0.3) is 0 Å². The number of ether oxygens (including phenoxy) is 1. The van der Waals surface area contributed by atoms with Gasteiger partial charge in [0.1, 0.15) is 6.61 Å². The molecule has 7 heteroatoms. The maximum Gasteiger partial charge on any atom is 0.309 e. The second-order valence-electron chi connectivity index (χ2n) is 9.57. The van der Waals surface area contributed by atoms with Crippen LogP contribution in [-0.2, 0) is 25.5 Å². The van der Waals surface area contributed by atoms with E-state index >= 15 is 0 Å². The van der Waals surface area contributed by atoms with Gasteiger partial charge in [0.15, 0.2) is 0 Å². The van der Waals surface area contributed by atoms with Crippen LogP contribution in [0.2, 0.25) is 0 Å². The third kappa shape index (κ3) is 9.32. The zero-order chi connectivity index (χ0) is 25.7. The maximum atomic E-state index is 12.8. The average Bonchev–Trinajstić information content (AvgIpc) is 3.31. The minimum absolute atomic E-state index is 0.00456. The Morgan fingerprint density at radius 2 is 1.71 bits per heavy atom. The van der Waals surface area contributed by atoms with Crippen molar-refractivity contribution in [1.82, 2.24) is 10.6 Å². The topological polar surface area (TPSA) is 105 Å². The SMILES string of the molecule is C=CC[C@H](CC(=O)NC1(CO)CCCC1)C(=O)N[C@@H](C)COC(=O)[C@@H](CC=C)Cc1ccccc1. The van der Waals surface area contributed by atoms with Crippen LogP contribution in [0.1, 0.15) is 57.4 Å². The molecule has 0 bridgehead atoms. The van der Waals surface area contributed by atoms with Crippen molar-refractivity contribution < 1.29 is 24.2 Å². The molecule has 3 N–H and O–H groups in total. The number of amides is 2. The van der Waals surface area contributed by atoms with Crippen LogP contribution >= 0.6 is 0 Å². The first-order chi connectivity index (χ1) is 16.8. The van der Waals surface area contributed by atoms with Crippen molar-refractivity contribution in [2.75, 3.05) is 13.2 Å². The van der Waals surface area contributed by atoms with Gasteiger partial charge in [-0.3, -0.25) is 14.4 Å². The lowest BCUT2D eigenvalue weighted by molar-refractivity contribution is -0.149. The molecule has 0 spiro atoms. The molecule has 0 aromatic heterocycles. The smallest absolute Gasteiger partial charge is 0.309 e. The Morgan fingerprint density at radius 1 is 1.09 bits per heavy atom. The van der Waals surface area contributed by atoms with Crippen LogP contribution in [-0.4, -0.2) is 47.7 Å². The van der Waals surface area contributed by atoms with Crippen molar-refractivity contribution in [2.45, 2.75) is 69.9 Å². The number of rotatable bonds is 15. The van der Waals surface area contributed by atoms with Crippen molar-refractivity contribution in [3.8, 4) is 0 Å². The Kier molecular flexibility index (Phi) is 11.7. The highest BCUT2D eigenvalue weighted by Gasteiger charge is 2.35. The lowest BCUT2D eigenvalue weighted by Gasteiger charge is -2.29. The molecule has 1 aliphatic rings. The standard InChI is InChI=1S/C28H40N2O5/c1-4-11-23(18-25(32)30-28(20-31)15-9-10-16-28)26(33)29-21(3)19-35-27(34)24(12-5-2)17-22-13-7-6-8-14-22/h4-8,13-14,21,23-24,31H,1-2,9-12,15-20H2,3H3,(H,29,33)(H,30,32)/t21-,23+,24-/m0/s1. The van der Waals surface area contributed by atoms with Crippen LogP contribution < -0.4 is 10.6 Å². The summed E-state index contributed by atoms with van der Waals surface area (Å²) in [5, 5.41) is 15.5. The van der Waals surface area contributed by atoms with Crippen molar-refractivity contribution in [2.24, 2.45) is 11.8 Å². The Bertz CT molecular complexity index is 848. The molecule has 0 unspecified atom stereocenters. The van der Waals surface area contributed by atoms with Gasteiger partial charge in [0.2, 0.25) is 11.8 Å². The van der Waals surface area contributed by atoms with Crippen LogP contribution in [0.15, 0.2) is 55.6 Å². The van der Waals surface area contributed by atoms with E-state index in [0.29, 0.717) is 19.3 Å². The third-order valence-corrected chi connectivity index (χ3v) is 6.50. The van der Waals surface area contributed by atoms with Crippen LogP contribution in [0.5, 0.6) is 0 Å². The summed E-state index contributed by atoms with van der Waals surface area (Å²) in [7, 11) is 0. The molecule has 7 nitrogen and oxygen atoms in total. The van der Waals surface area contributed by atoms with E-state index in [4.69, 9.17) is 4.74 Å². The van der Waals surface area contributed by atoms with E-state index in [2.05, 4.69) is 23.8 Å². The summed E-state index contributed by atoms with van der Waals surface area (Å²) < 4.78 is 5.50. The largest absolute Gasteiger partial charge is 0.463 e. The van der Waals surface area contributed by atoms with E-state index in [9.17, 15) is 19.5 Å². The number of nitrogens with one attached hydrogen (secondary N) is 2. The Labute approximate surface area is 209 Å². The van der Waals surface area contributed by atoms with Crippen molar-refractivity contribution in [3.05, 3.63) is 61.2 Å². The van der Waals surface area contributed by atoms with Crippen LogP contribution in [0.3, 0.4) is 0 Å². The number of esters is 1. The molecule has 1 fully saturated rings. The molecular formula is C28H40N2O5. The molecule has 2 amide bonds. The zero-order valence-corrected chi connectivity index (χ0v) is 20.8. The first kappa shape index (κ1) is 28.3. The van der Waals surface area contributed by atoms with E-state index in [-0.39, 0.29) is 43.3 Å². The fraction of sp³-hybridized carbons (Fsp3) is 0.536. The number of carbonyl (C=O) groups is 3. The van der Waals surface area contributed by atoms with Crippen LogP contribution in [0.25, 0.3) is 0 Å². The average molecular weight is 485 g/mol. The maximum absolute atomic E-state index is 12.8.